The first-order valence-electron chi connectivity index (χ1n) is 9.72. The summed E-state index contributed by atoms with van der Waals surface area (Å²) >= 11 is 0. The van der Waals surface area contributed by atoms with Crippen LogP contribution in [0.25, 0.3) is 0 Å². The van der Waals surface area contributed by atoms with Gasteiger partial charge in [-0.1, -0.05) is 6.07 Å². The lowest BCUT2D eigenvalue weighted by atomic mass is 10.1. The largest absolute Gasteiger partial charge is 0.372 e. The first-order valence-corrected chi connectivity index (χ1v) is 9.72. The second-order valence-electron chi connectivity index (χ2n) is 7.34. The lowest BCUT2D eigenvalue weighted by Gasteiger charge is -2.17. The van der Waals surface area contributed by atoms with Gasteiger partial charge in [0.05, 0.1) is 0 Å². The van der Waals surface area contributed by atoms with Gasteiger partial charge < -0.3 is 20.4 Å². The van der Waals surface area contributed by atoms with Crippen molar-refractivity contribution in [2.45, 2.75) is 12.8 Å². The second kappa shape index (κ2) is 9.37. The molecule has 28 heavy (non-hydrogen) atoms. The number of hydrogen-bond acceptors (Lipinski definition) is 4. The Morgan fingerprint density at radius 2 is 1.61 bits per heavy atom. The van der Waals surface area contributed by atoms with Gasteiger partial charge >= 0.3 is 0 Å². The zero-order valence-corrected chi connectivity index (χ0v) is 16.6. The van der Waals surface area contributed by atoms with Crippen molar-refractivity contribution in [1.82, 2.24) is 10.2 Å². The molecule has 2 aromatic rings. The molecule has 0 aliphatic carbocycles. The summed E-state index contributed by atoms with van der Waals surface area (Å²) in [5.74, 6) is -0.400. The molecule has 0 aromatic heterocycles. The van der Waals surface area contributed by atoms with Crippen molar-refractivity contribution in [3.8, 4) is 0 Å². The van der Waals surface area contributed by atoms with Crippen LogP contribution in [0.2, 0.25) is 0 Å². The lowest BCUT2D eigenvalue weighted by molar-refractivity contribution is 0.0951. The molecule has 148 valence electrons. The quantitative estimate of drug-likeness (QED) is 0.775. The third-order valence-electron chi connectivity index (χ3n) is 4.83. The lowest BCUT2D eigenvalue weighted by Crippen LogP contribution is -2.31. The van der Waals surface area contributed by atoms with E-state index < -0.39 is 0 Å². The van der Waals surface area contributed by atoms with Gasteiger partial charge in [-0.15, -0.1) is 0 Å². The molecule has 1 heterocycles. The monoisotopic (exact) mass is 380 g/mol. The van der Waals surface area contributed by atoms with Crippen LogP contribution >= 0.6 is 0 Å². The third kappa shape index (κ3) is 5.33. The molecule has 3 rings (SSSR count). The molecule has 1 saturated heterocycles. The standard InChI is InChI=1S/C22H28N4O2/c1-25(2)15-12-23-21(27)17-6-5-7-18(16-17)22(28)24-19-8-10-20(11-9-19)26-13-3-4-14-26/h5-11,16H,3-4,12-15H2,1-2H3,(H,23,27)(H,24,28). The Kier molecular flexibility index (Phi) is 6.66. The number of hydrogen-bond donors (Lipinski definition) is 2. The van der Waals surface area contributed by atoms with Crippen molar-refractivity contribution in [2.24, 2.45) is 0 Å². The zero-order chi connectivity index (χ0) is 19.9. The Bertz CT molecular complexity index is 812. The first-order chi connectivity index (χ1) is 13.5. The number of nitrogens with one attached hydrogen (secondary N) is 2. The van der Waals surface area contributed by atoms with Crippen LogP contribution in [0.3, 0.4) is 0 Å². The minimum absolute atomic E-state index is 0.175. The van der Waals surface area contributed by atoms with Crippen LogP contribution in [-0.2, 0) is 0 Å². The number of carbonyl (C=O) groups is 2. The maximum atomic E-state index is 12.6. The molecule has 1 aliphatic rings. The minimum Gasteiger partial charge on any atom is -0.372 e. The van der Waals surface area contributed by atoms with Gasteiger partial charge in [0.25, 0.3) is 11.8 Å². The van der Waals surface area contributed by atoms with Crippen molar-refractivity contribution >= 4 is 23.2 Å². The van der Waals surface area contributed by atoms with Crippen molar-refractivity contribution in [2.75, 3.05) is 50.5 Å². The topological polar surface area (TPSA) is 64.7 Å². The van der Waals surface area contributed by atoms with Crippen molar-refractivity contribution in [3.05, 3.63) is 59.7 Å². The zero-order valence-electron chi connectivity index (χ0n) is 16.6. The van der Waals surface area contributed by atoms with Crippen molar-refractivity contribution < 1.29 is 9.59 Å². The fraction of sp³-hybridized carbons (Fsp3) is 0.364. The summed E-state index contributed by atoms with van der Waals surface area (Å²) in [6, 6.07) is 14.7. The van der Waals surface area contributed by atoms with E-state index in [1.165, 1.54) is 18.5 Å². The molecule has 0 radical (unpaired) electrons. The number of amides is 2. The second-order valence-corrected chi connectivity index (χ2v) is 7.34. The summed E-state index contributed by atoms with van der Waals surface area (Å²) in [6.07, 6.45) is 2.47. The van der Waals surface area contributed by atoms with E-state index in [-0.39, 0.29) is 11.8 Å². The number of carbonyl (C=O) groups excluding carboxylic acids is 2. The fourth-order valence-corrected chi connectivity index (χ4v) is 3.23. The van der Waals surface area contributed by atoms with Gasteiger partial charge in [0.15, 0.2) is 0 Å². The Labute approximate surface area is 166 Å². The van der Waals surface area contributed by atoms with E-state index >= 15 is 0 Å². The SMILES string of the molecule is CN(C)CCNC(=O)c1cccc(C(=O)Nc2ccc(N3CCCC3)cc2)c1. The highest BCUT2D eigenvalue weighted by Gasteiger charge is 2.13. The van der Waals surface area contributed by atoms with E-state index in [9.17, 15) is 9.59 Å². The summed E-state index contributed by atoms with van der Waals surface area (Å²) in [6.45, 7) is 3.51. The Hall–Kier alpha value is -2.86. The molecule has 1 fully saturated rings. The molecule has 2 aromatic carbocycles. The van der Waals surface area contributed by atoms with Crippen LogP contribution in [-0.4, -0.2) is 57.0 Å². The predicted molar refractivity (Wildman–Crippen MR) is 113 cm³/mol. The average Bonchev–Trinajstić information content (AvgIpc) is 3.23. The van der Waals surface area contributed by atoms with Crippen LogP contribution in [0.5, 0.6) is 0 Å². The Balaban J connectivity index is 1.60. The molecular weight excluding hydrogens is 352 g/mol. The summed E-state index contributed by atoms with van der Waals surface area (Å²) in [5.41, 5.74) is 2.88. The van der Waals surface area contributed by atoms with E-state index in [4.69, 9.17) is 0 Å². The summed E-state index contributed by atoms with van der Waals surface area (Å²) < 4.78 is 0. The molecule has 1 aliphatic heterocycles. The van der Waals surface area contributed by atoms with Gasteiger partial charge in [-0.05, 0) is 69.4 Å². The van der Waals surface area contributed by atoms with Gasteiger partial charge in [0.1, 0.15) is 0 Å². The van der Waals surface area contributed by atoms with Crippen LogP contribution in [0.4, 0.5) is 11.4 Å². The van der Waals surface area contributed by atoms with Gasteiger partial charge in [0, 0.05) is 48.7 Å². The van der Waals surface area contributed by atoms with E-state index in [0.29, 0.717) is 17.7 Å². The summed E-state index contributed by atoms with van der Waals surface area (Å²) in [5, 5.41) is 5.77. The predicted octanol–water partition coefficient (Wildman–Crippen LogP) is 2.83. The van der Waals surface area contributed by atoms with Crippen molar-refractivity contribution in [3.63, 3.8) is 0 Å². The van der Waals surface area contributed by atoms with Crippen LogP contribution in [0, 0.1) is 0 Å². The molecule has 0 saturated carbocycles. The van der Waals surface area contributed by atoms with E-state index in [2.05, 4.69) is 15.5 Å². The molecule has 0 atom stereocenters. The smallest absolute Gasteiger partial charge is 0.255 e. The Morgan fingerprint density at radius 1 is 0.964 bits per heavy atom. The van der Waals surface area contributed by atoms with E-state index in [0.717, 1.165) is 25.3 Å². The van der Waals surface area contributed by atoms with Gasteiger partial charge in [-0.2, -0.15) is 0 Å². The normalized spacial score (nSPS) is 13.6. The highest BCUT2D eigenvalue weighted by Crippen LogP contribution is 2.22. The van der Waals surface area contributed by atoms with Gasteiger partial charge in [0.2, 0.25) is 0 Å². The highest BCUT2D eigenvalue weighted by atomic mass is 16.2. The van der Waals surface area contributed by atoms with Crippen LogP contribution in [0.1, 0.15) is 33.6 Å². The molecule has 6 nitrogen and oxygen atoms in total. The molecule has 6 heteroatoms. The summed E-state index contributed by atoms with van der Waals surface area (Å²) in [4.78, 5) is 29.2. The average molecular weight is 380 g/mol. The molecule has 2 amide bonds. The van der Waals surface area contributed by atoms with E-state index in [1.54, 1.807) is 24.3 Å². The number of anilines is 2. The molecule has 0 spiro atoms. The molecule has 0 unspecified atom stereocenters. The third-order valence-corrected chi connectivity index (χ3v) is 4.83. The number of nitrogens with zero attached hydrogens (tertiary/aromatic N) is 2. The van der Waals surface area contributed by atoms with Crippen LogP contribution in [0.15, 0.2) is 48.5 Å². The van der Waals surface area contributed by atoms with Gasteiger partial charge in [-0.3, -0.25) is 9.59 Å². The maximum Gasteiger partial charge on any atom is 0.255 e. The van der Waals surface area contributed by atoms with Crippen molar-refractivity contribution in [1.29, 1.82) is 0 Å². The number of benzene rings is 2. The fourth-order valence-electron chi connectivity index (χ4n) is 3.23. The minimum atomic E-state index is -0.225. The van der Waals surface area contributed by atoms with Crippen LogP contribution < -0.4 is 15.5 Å². The molecular formula is C22H28N4O2. The Morgan fingerprint density at radius 3 is 2.25 bits per heavy atom. The molecule has 0 bridgehead atoms. The maximum absolute atomic E-state index is 12.6. The number of likely N-dealkylation sites (N-methyl/N-ethyl adjacent to an activating group) is 1. The summed E-state index contributed by atoms with van der Waals surface area (Å²) in [7, 11) is 3.91. The highest BCUT2D eigenvalue weighted by molar-refractivity contribution is 6.06. The van der Waals surface area contributed by atoms with Gasteiger partial charge in [-0.25, -0.2) is 0 Å². The number of rotatable bonds is 7. The van der Waals surface area contributed by atoms with E-state index in [1.807, 2.05) is 43.3 Å². The first kappa shape index (κ1) is 19.9. The molecule has 2 N–H and O–H groups in total.